The minimum Gasteiger partial charge on any atom is -0.310 e. The highest BCUT2D eigenvalue weighted by Gasteiger charge is 2.13. The Morgan fingerprint density at radius 3 is 2.95 bits per heavy atom. The van der Waals surface area contributed by atoms with Crippen LogP contribution in [-0.4, -0.2) is 36.2 Å². The molecule has 0 aliphatic rings. The van der Waals surface area contributed by atoms with Crippen molar-refractivity contribution in [2.24, 2.45) is 0 Å². The number of thioether (sulfide) groups is 1. The summed E-state index contributed by atoms with van der Waals surface area (Å²) < 4.78 is 3.28. The van der Waals surface area contributed by atoms with Crippen LogP contribution in [-0.2, 0) is 11.3 Å². The second-order valence-electron chi connectivity index (χ2n) is 5.05. The number of nitrogens with one attached hydrogen (secondary N) is 2. The molecule has 2 rings (SSSR count). The molecule has 0 unspecified atom stereocenters. The van der Waals surface area contributed by atoms with Gasteiger partial charge in [-0.25, -0.2) is 14.6 Å². The molecule has 2 heterocycles. The summed E-state index contributed by atoms with van der Waals surface area (Å²) in [7, 11) is 0. The summed E-state index contributed by atoms with van der Waals surface area (Å²) in [5, 5.41) is 13.9. The molecule has 0 atom stereocenters. The normalized spacial score (nSPS) is 11.1. The van der Waals surface area contributed by atoms with Gasteiger partial charge in [-0.15, -0.1) is 5.10 Å². The van der Waals surface area contributed by atoms with E-state index in [0.29, 0.717) is 17.5 Å². The summed E-state index contributed by atoms with van der Waals surface area (Å²) in [5.74, 6) is 0.677. The van der Waals surface area contributed by atoms with Gasteiger partial charge in [0.05, 0.1) is 11.9 Å². The number of aromatic nitrogens is 5. The van der Waals surface area contributed by atoms with E-state index in [1.54, 1.807) is 16.9 Å². The van der Waals surface area contributed by atoms with Gasteiger partial charge in [-0.05, 0) is 20.3 Å². The first-order chi connectivity index (χ1) is 10.5. The zero-order valence-corrected chi connectivity index (χ0v) is 13.7. The molecule has 2 aromatic rings. The molecule has 120 valence electrons. The molecule has 0 aliphatic heterocycles. The third-order valence-electron chi connectivity index (χ3n) is 2.93. The van der Waals surface area contributed by atoms with Crippen LogP contribution in [0.15, 0.2) is 22.2 Å². The van der Waals surface area contributed by atoms with Crippen molar-refractivity contribution < 1.29 is 4.79 Å². The Morgan fingerprint density at radius 2 is 2.27 bits per heavy atom. The van der Waals surface area contributed by atoms with Gasteiger partial charge in [0.1, 0.15) is 5.82 Å². The number of hydrogen-bond donors (Lipinski definition) is 2. The average Bonchev–Trinajstić information content (AvgIpc) is 3.06. The van der Waals surface area contributed by atoms with Crippen LogP contribution in [0, 0.1) is 0 Å². The first-order valence-electron chi connectivity index (χ1n) is 7.14. The Balaban J connectivity index is 1.96. The predicted molar refractivity (Wildman–Crippen MR) is 85.1 cm³/mol. The lowest BCUT2D eigenvalue weighted by Gasteiger charge is -2.11. The largest absolute Gasteiger partial charge is 0.343 e. The van der Waals surface area contributed by atoms with Crippen molar-refractivity contribution in [3.63, 3.8) is 0 Å². The lowest BCUT2D eigenvalue weighted by molar-refractivity contribution is -0.113. The minimum absolute atomic E-state index is 0.161. The van der Waals surface area contributed by atoms with Crippen LogP contribution >= 0.6 is 11.8 Å². The molecule has 22 heavy (non-hydrogen) atoms. The summed E-state index contributed by atoms with van der Waals surface area (Å²) >= 11 is 1.23. The lowest BCUT2D eigenvalue weighted by Crippen LogP contribution is -2.20. The molecule has 1 amide bonds. The molecule has 0 bridgehead atoms. The minimum atomic E-state index is -0.248. The Kier molecular flexibility index (Phi) is 5.42. The number of H-pyrrole nitrogens is 1. The van der Waals surface area contributed by atoms with Gasteiger partial charge >= 0.3 is 5.69 Å². The average molecular weight is 324 g/mol. The number of rotatable bonds is 7. The zero-order chi connectivity index (χ0) is 16.1. The Bertz CT molecular complexity index is 687. The number of anilines is 1. The van der Waals surface area contributed by atoms with Crippen LogP contribution < -0.4 is 11.0 Å². The van der Waals surface area contributed by atoms with E-state index in [2.05, 4.69) is 20.6 Å². The van der Waals surface area contributed by atoms with Crippen LogP contribution in [0.4, 0.5) is 5.82 Å². The molecule has 0 aliphatic carbocycles. The van der Waals surface area contributed by atoms with Gasteiger partial charge < -0.3 is 5.32 Å². The topological polar surface area (TPSA) is 97.6 Å². The summed E-state index contributed by atoms with van der Waals surface area (Å²) in [6, 6.07) is 1.92. The number of aromatic amines is 1. The van der Waals surface area contributed by atoms with E-state index in [-0.39, 0.29) is 23.4 Å². The smallest absolute Gasteiger partial charge is 0.310 e. The quantitative estimate of drug-likeness (QED) is 0.752. The molecule has 2 aromatic heterocycles. The van der Waals surface area contributed by atoms with E-state index in [1.165, 1.54) is 16.3 Å². The third kappa shape index (κ3) is 3.79. The number of carbonyl (C=O) groups is 1. The predicted octanol–water partition coefficient (Wildman–Crippen LogP) is 1.49. The maximum absolute atomic E-state index is 12.0. The van der Waals surface area contributed by atoms with Crippen molar-refractivity contribution in [2.75, 3.05) is 11.1 Å². The van der Waals surface area contributed by atoms with E-state index < -0.39 is 0 Å². The summed E-state index contributed by atoms with van der Waals surface area (Å²) in [4.78, 5) is 23.6. The van der Waals surface area contributed by atoms with Gasteiger partial charge in [-0.1, -0.05) is 18.7 Å². The molecular formula is C13H20N6O2S. The highest BCUT2D eigenvalue weighted by Crippen LogP contribution is 2.16. The highest BCUT2D eigenvalue weighted by molar-refractivity contribution is 7.99. The molecule has 0 fully saturated rings. The van der Waals surface area contributed by atoms with E-state index in [4.69, 9.17) is 0 Å². The van der Waals surface area contributed by atoms with Gasteiger partial charge in [0.15, 0.2) is 5.16 Å². The summed E-state index contributed by atoms with van der Waals surface area (Å²) in [6.45, 7) is 6.54. The van der Waals surface area contributed by atoms with Gasteiger partial charge in [-0.2, -0.15) is 5.10 Å². The molecule has 0 saturated carbocycles. The fourth-order valence-electron chi connectivity index (χ4n) is 1.97. The Hall–Kier alpha value is -2.03. The van der Waals surface area contributed by atoms with Crippen LogP contribution in [0.1, 0.15) is 33.2 Å². The Labute approximate surface area is 132 Å². The SMILES string of the molecule is CCCn1c(SCC(=O)Nc2ccnn2C(C)C)n[nH]c1=O. The van der Waals surface area contributed by atoms with Crippen molar-refractivity contribution in [1.29, 1.82) is 0 Å². The van der Waals surface area contributed by atoms with Gasteiger partial charge in [0, 0.05) is 18.7 Å². The van der Waals surface area contributed by atoms with E-state index in [0.717, 1.165) is 6.42 Å². The van der Waals surface area contributed by atoms with Crippen molar-refractivity contribution in [3.05, 3.63) is 22.7 Å². The van der Waals surface area contributed by atoms with Crippen LogP contribution in [0.25, 0.3) is 0 Å². The van der Waals surface area contributed by atoms with Crippen molar-refractivity contribution in [1.82, 2.24) is 24.5 Å². The molecule has 0 saturated heterocycles. The van der Waals surface area contributed by atoms with Gasteiger partial charge in [0.25, 0.3) is 0 Å². The molecule has 8 nitrogen and oxygen atoms in total. The molecule has 9 heteroatoms. The van der Waals surface area contributed by atoms with Crippen molar-refractivity contribution in [3.8, 4) is 0 Å². The Morgan fingerprint density at radius 1 is 1.50 bits per heavy atom. The van der Waals surface area contributed by atoms with Gasteiger partial charge in [0.2, 0.25) is 5.91 Å². The number of amides is 1. The van der Waals surface area contributed by atoms with Crippen molar-refractivity contribution >= 4 is 23.5 Å². The number of hydrogen-bond acceptors (Lipinski definition) is 5. The fourth-order valence-corrected chi connectivity index (χ4v) is 2.74. The highest BCUT2D eigenvalue weighted by atomic mass is 32.2. The summed E-state index contributed by atoms with van der Waals surface area (Å²) in [5.41, 5.74) is -0.248. The third-order valence-corrected chi connectivity index (χ3v) is 3.91. The fraction of sp³-hybridized carbons (Fsp3) is 0.538. The van der Waals surface area contributed by atoms with Crippen molar-refractivity contribution in [2.45, 2.75) is 44.9 Å². The maximum Gasteiger partial charge on any atom is 0.343 e. The molecule has 0 radical (unpaired) electrons. The molecule has 2 N–H and O–H groups in total. The van der Waals surface area contributed by atoms with Crippen LogP contribution in [0.3, 0.4) is 0 Å². The molecular weight excluding hydrogens is 304 g/mol. The van der Waals surface area contributed by atoms with E-state index >= 15 is 0 Å². The van der Waals surface area contributed by atoms with Crippen LogP contribution in [0.5, 0.6) is 0 Å². The summed E-state index contributed by atoms with van der Waals surface area (Å²) in [6.07, 6.45) is 2.47. The lowest BCUT2D eigenvalue weighted by atomic mass is 10.4. The first kappa shape index (κ1) is 16.3. The number of nitrogens with zero attached hydrogens (tertiary/aromatic N) is 4. The standard InChI is InChI=1S/C13H20N6O2S/c1-4-7-18-12(21)16-17-13(18)22-8-11(20)15-10-5-6-14-19(10)9(2)3/h5-6,9H,4,7-8H2,1-3H3,(H,15,20)(H,16,21). The molecule has 0 aromatic carbocycles. The number of carbonyl (C=O) groups excluding carboxylic acids is 1. The molecule has 0 spiro atoms. The zero-order valence-electron chi connectivity index (χ0n) is 12.9. The first-order valence-corrected chi connectivity index (χ1v) is 8.12. The van der Waals surface area contributed by atoms with Gasteiger partial charge in [-0.3, -0.25) is 9.36 Å². The van der Waals surface area contributed by atoms with E-state index in [9.17, 15) is 9.59 Å². The maximum atomic E-state index is 12.0. The second-order valence-corrected chi connectivity index (χ2v) is 6.00. The second kappa shape index (κ2) is 7.30. The van der Waals surface area contributed by atoms with Crippen LogP contribution in [0.2, 0.25) is 0 Å². The van der Waals surface area contributed by atoms with E-state index in [1.807, 2.05) is 20.8 Å². The monoisotopic (exact) mass is 324 g/mol.